The van der Waals surface area contributed by atoms with E-state index in [0.717, 1.165) is 53.0 Å². The number of aromatic nitrogens is 6. The van der Waals surface area contributed by atoms with Crippen LogP contribution in [-0.4, -0.2) is 42.6 Å². The number of pyridine rings is 2. The number of nitrogens with one attached hydrogen (secondary N) is 1. The number of methoxy groups -OCH3 is 1. The van der Waals surface area contributed by atoms with Gasteiger partial charge in [-0.05, 0) is 54.2 Å². The van der Waals surface area contributed by atoms with Crippen molar-refractivity contribution >= 4 is 17.3 Å². The summed E-state index contributed by atoms with van der Waals surface area (Å²) in [7, 11) is 3.68. The molecule has 4 heterocycles. The van der Waals surface area contributed by atoms with E-state index in [1.807, 2.05) is 31.4 Å². The maximum atomic E-state index is 5.71. The minimum absolute atomic E-state index is 0.188. The summed E-state index contributed by atoms with van der Waals surface area (Å²) < 4.78 is 9.54. The lowest BCUT2D eigenvalue weighted by Gasteiger charge is -2.14. The average molecular weight is 418 g/mol. The third kappa shape index (κ3) is 4.44. The van der Waals surface area contributed by atoms with Gasteiger partial charge in [-0.25, -0.2) is 4.98 Å². The van der Waals surface area contributed by atoms with Crippen molar-refractivity contribution in [2.75, 3.05) is 12.4 Å². The SMILES string of the molecule is CO[C@@H](CCC1CC1)Cc1nnc2cc(-c3ccnc(Nc4ccnn4C)c3)ccn12. The van der Waals surface area contributed by atoms with Gasteiger partial charge in [0, 0.05) is 39.0 Å². The molecule has 4 aromatic heterocycles. The summed E-state index contributed by atoms with van der Waals surface area (Å²) in [5, 5.41) is 16.3. The van der Waals surface area contributed by atoms with Crippen molar-refractivity contribution in [3.8, 4) is 11.1 Å². The second-order valence-corrected chi connectivity index (χ2v) is 8.24. The van der Waals surface area contributed by atoms with Gasteiger partial charge in [-0.3, -0.25) is 9.08 Å². The topological polar surface area (TPSA) is 82.2 Å². The monoisotopic (exact) mass is 417 g/mol. The maximum absolute atomic E-state index is 5.71. The Bertz CT molecular complexity index is 1180. The van der Waals surface area contributed by atoms with Crippen LogP contribution in [0.2, 0.25) is 0 Å². The van der Waals surface area contributed by atoms with Gasteiger partial charge in [0.25, 0.3) is 0 Å². The molecule has 0 saturated heterocycles. The predicted molar refractivity (Wildman–Crippen MR) is 119 cm³/mol. The van der Waals surface area contributed by atoms with Crippen molar-refractivity contribution in [2.45, 2.75) is 38.2 Å². The highest BCUT2D eigenvalue weighted by Gasteiger charge is 2.23. The fourth-order valence-corrected chi connectivity index (χ4v) is 3.90. The number of aryl methyl sites for hydroxylation is 1. The largest absolute Gasteiger partial charge is 0.381 e. The molecule has 0 unspecified atom stereocenters. The van der Waals surface area contributed by atoms with Crippen LogP contribution in [0.1, 0.15) is 31.5 Å². The molecule has 31 heavy (non-hydrogen) atoms. The van der Waals surface area contributed by atoms with E-state index in [-0.39, 0.29) is 6.10 Å². The van der Waals surface area contributed by atoms with Gasteiger partial charge in [-0.1, -0.05) is 12.8 Å². The van der Waals surface area contributed by atoms with Gasteiger partial charge in [-0.2, -0.15) is 5.10 Å². The summed E-state index contributed by atoms with van der Waals surface area (Å²) in [6.45, 7) is 0. The van der Waals surface area contributed by atoms with Crippen LogP contribution >= 0.6 is 0 Å². The highest BCUT2D eigenvalue weighted by Crippen LogP contribution is 2.34. The lowest BCUT2D eigenvalue weighted by molar-refractivity contribution is 0.0905. The number of nitrogens with zero attached hydrogens (tertiary/aromatic N) is 6. The van der Waals surface area contributed by atoms with Crippen LogP contribution < -0.4 is 5.32 Å². The zero-order chi connectivity index (χ0) is 21.2. The first-order valence-electron chi connectivity index (χ1n) is 10.8. The number of hydrogen-bond donors (Lipinski definition) is 1. The molecule has 1 aliphatic rings. The summed E-state index contributed by atoms with van der Waals surface area (Å²) in [6, 6.07) is 10.1. The molecule has 8 heteroatoms. The normalized spacial score (nSPS) is 14.8. The maximum Gasteiger partial charge on any atom is 0.161 e. The predicted octanol–water partition coefficient (Wildman–Crippen LogP) is 4.02. The Balaban J connectivity index is 1.34. The third-order valence-electron chi connectivity index (χ3n) is 5.99. The van der Waals surface area contributed by atoms with Crippen LogP contribution in [0.3, 0.4) is 0 Å². The van der Waals surface area contributed by atoms with E-state index in [2.05, 4.69) is 42.1 Å². The number of anilines is 2. The molecule has 1 fully saturated rings. The quantitative estimate of drug-likeness (QED) is 0.443. The van der Waals surface area contributed by atoms with Gasteiger partial charge in [0.2, 0.25) is 0 Å². The zero-order valence-corrected chi connectivity index (χ0v) is 17.9. The minimum Gasteiger partial charge on any atom is -0.381 e. The second kappa shape index (κ2) is 8.47. The van der Waals surface area contributed by atoms with Crippen molar-refractivity contribution < 1.29 is 4.74 Å². The molecule has 8 nitrogen and oxygen atoms in total. The van der Waals surface area contributed by atoms with E-state index in [0.29, 0.717) is 0 Å². The first-order chi connectivity index (χ1) is 15.2. The van der Waals surface area contributed by atoms with E-state index in [1.165, 1.54) is 19.3 Å². The van der Waals surface area contributed by atoms with Crippen molar-refractivity contribution in [3.63, 3.8) is 0 Å². The van der Waals surface area contributed by atoms with Crippen molar-refractivity contribution in [1.29, 1.82) is 0 Å². The number of fused-ring (bicyclic) bond motifs is 1. The Morgan fingerprint density at radius 3 is 2.77 bits per heavy atom. The zero-order valence-electron chi connectivity index (χ0n) is 17.9. The number of rotatable bonds is 9. The van der Waals surface area contributed by atoms with Crippen LogP contribution in [0, 0.1) is 5.92 Å². The van der Waals surface area contributed by atoms with Crippen LogP contribution in [0.15, 0.2) is 48.9 Å². The number of hydrogen-bond acceptors (Lipinski definition) is 6. The minimum atomic E-state index is 0.188. The van der Waals surface area contributed by atoms with Gasteiger partial charge in [0.15, 0.2) is 5.65 Å². The standard InChI is InChI=1S/C23H27N7O/c1-29-21(8-11-25-29)26-20-13-17(7-10-24-20)18-9-12-30-22(14-18)27-28-23(30)15-19(31-2)6-5-16-3-4-16/h7-14,16,19H,3-6,15H2,1-2H3,(H,24,26)/t19-/m0/s1. The van der Waals surface area contributed by atoms with Crippen LogP contribution in [0.4, 0.5) is 11.6 Å². The highest BCUT2D eigenvalue weighted by atomic mass is 16.5. The van der Waals surface area contributed by atoms with Gasteiger partial charge >= 0.3 is 0 Å². The summed E-state index contributed by atoms with van der Waals surface area (Å²) >= 11 is 0. The lowest BCUT2D eigenvalue weighted by Crippen LogP contribution is -2.16. The average Bonchev–Trinajstić information content (AvgIpc) is 3.42. The second-order valence-electron chi connectivity index (χ2n) is 8.24. The molecule has 5 rings (SSSR count). The lowest BCUT2D eigenvalue weighted by atomic mass is 10.1. The van der Waals surface area contributed by atoms with Crippen molar-refractivity contribution in [3.05, 3.63) is 54.7 Å². The molecule has 1 N–H and O–H groups in total. The molecule has 1 saturated carbocycles. The molecular weight excluding hydrogens is 390 g/mol. The van der Waals surface area contributed by atoms with E-state index >= 15 is 0 Å². The van der Waals surface area contributed by atoms with E-state index in [4.69, 9.17) is 4.74 Å². The van der Waals surface area contributed by atoms with E-state index in [9.17, 15) is 0 Å². The number of ether oxygens (including phenoxy) is 1. The van der Waals surface area contributed by atoms with E-state index in [1.54, 1.807) is 24.2 Å². The molecule has 0 aliphatic heterocycles. The van der Waals surface area contributed by atoms with Crippen LogP contribution in [-0.2, 0) is 18.2 Å². The molecule has 0 amide bonds. The summed E-state index contributed by atoms with van der Waals surface area (Å²) in [6.07, 6.45) is 11.6. The molecule has 1 aliphatic carbocycles. The first-order valence-corrected chi connectivity index (χ1v) is 10.8. The first kappa shape index (κ1) is 19.7. The molecule has 0 spiro atoms. The molecule has 0 aromatic carbocycles. The van der Waals surface area contributed by atoms with Gasteiger partial charge < -0.3 is 10.1 Å². The van der Waals surface area contributed by atoms with Gasteiger partial charge in [0.05, 0.1) is 12.3 Å². The van der Waals surface area contributed by atoms with Crippen LogP contribution in [0.25, 0.3) is 16.8 Å². The Hall–Kier alpha value is -3.26. The smallest absolute Gasteiger partial charge is 0.161 e. The highest BCUT2D eigenvalue weighted by molar-refractivity contribution is 5.70. The molecule has 160 valence electrons. The Morgan fingerprint density at radius 1 is 1.13 bits per heavy atom. The molecular formula is C23H27N7O. The van der Waals surface area contributed by atoms with Gasteiger partial charge in [0.1, 0.15) is 17.5 Å². The Kier molecular flexibility index (Phi) is 5.38. The van der Waals surface area contributed by atoms with Crippen molar-refractivity contribution in [1.82, 2.24) is 29.4 Å². The molecule has 4 aromatic rings. The van der Waals surface area contributed by atoms with E-state index < -0.39 is 0 Å². The Morgan fingerprint density at radius 2 is 2.00 bits per heavy atom. The fourth-order valence-electron chi connectivity index (χ4n) is 3.90. The molecule has 1 atom stereocenters. The van der Waals surface area contributed by atoms with Crippen LogP contribution in [0.5, 0.6) is 0 Å². The summed E-state index contributed by atoms with van der Waals surface area (Å²) in [4.78, 5) is 4.42. The summed E-state index contributed by atoms with van der Waals surface area (Å²) in [5.41, 5.74) is 2.97. The molecule has 0 radical (unpaired) electrons. The summed E-state index contributed by atoms with van der Waals surface area (Å²) in [5.74, 6) is 3.50. The third-order valence-corrected chi connectivity index (χ3v) is 5.99. The Labute approximate surface area is 181 Å². The van der Waals surface area contributed by atoms with Gasteiger partial charge in [-0.15, -0.1) is 10.2 Å². The van der Waals surface area contributed by atoms with Crippen molar-refractivity contribution in [2.24, 2.45) is 13.0 Å². The molecule has 0 bridgehead atoms. The fraction of sp³-hybridized carbons (Fsp3) is 0.391.